The molecule has 0 bridgehead atoms. The van der Waals surface area contributed by atoms with Gasteiger partial charge in [-0.3, -0.25) is 4.90 Å². The molecule has 0 aromatic carbocycles. The lowest BCUT2D eigenvalue weighted by Gasteiger charge is -2.25. The molecule has 0 spiro atoms. The first-order valence-corrected chi connectivity index (χ1v) is 5.25. The lowest BCUT2D eigenvalue weighted by Crippen LogP contribution is -2.34. The normalized spacial score (nSPS) is 20.5. The van der Waals surface area contributed by atoms with Crippen LogP contribution >= 0.6 is 0 Å². The van der Waals surface area contributed by atoms with Crippen molar-refractivity contribution in [2.24, 2.45) is 0 Å². The number of allylic oxidation sites excluding steroid dienone is 1. The van der Waals surface area contributed by atoms with Gasteiger partial charge in [-0.2, -0.15) is 0 Å². The molecule has 1 aliphatic rings. The maximum Gasteiger partial charge on any atom is 0.0302 e. The lowest BCUT2D eigenvalue weighted by molar-refractivity contribution is 0.229. The molecule has 0 unspecified atom stereocenters. The van der Waals surface area contributed by atoms with E-state index in [1.165, 1.54) is 31.8 Å². The van der Waals surface area contributed by atoms with Crippen molar-refractivity contribution in [3.63, 3.8) is 0 Å². The summed E-state index contributed by atoms with van der Waals surface area (Å²) < 4.78 is 0. The van der Waals surface area contributed by atoms with Gasteiger partial charge in [-0.25, -0.2) is 0 Å². The van der Waals surface area contributed by atoms with Crippen LogP contribution in [0.2, 0.25) is 0 Å². The molecule has 1 heterocycles. The van der Waals surface area contributed by atoms with Crippen LogP contribution in [-0.2, 0) is 0 Å². The minimum atomic E-state index is 0.685. The fourth-order valence-electron chi connectivity index (χ4n) is 1.84. The molecule has 1 fully saturated rings. The molecule has 1 aliphatic heterocycles. The highest BCUT2D eigenvalue weighted by atomic mass is 15.2. The molecule has 1 saturated heterocycles. The second kappa shape index (κ2) is 4.66. The fraction of sp³-hybridized carbons (Fsp3) is 0.818. The van der Waals surface area contributed by atoms with E-state index < -0.39 is 0 Å². The Morgan fingerprint density at radius 2 is 1.85 bits per heavy atom. The van der Waals surface area contributed by atoms with E-state index in [1.54, 1.807) is 0 Å². The minimum Gasteiger partial charge on any atom is -0.374 e. The highest BCUT2D eigenvalue weighted by Gasteiger charge is 2.15. The number of hydrogen-bond acceptors (Lipinski definition) is 2. The Bertz CT molecular complexity index is 175. The molecule has 0 aliphatic carbocycles. The van der Waals surface area contributed by atoms with Crippen LogP contribution in [0.4, 0.5) is 0 Å². The molecule has 0 N–H and O–H groups in total. The molecular weight excluding hydrogens is 160 g/mol. The van der Waals surface area contributed by atoms with Gasteiger partial charge in [0.05, 0.1) is 0 Å². The third-order valence-electron chi connectivity index (χ3n) is 2.80. The van der Waals surface area contributed by atoms with Crippen LogP contribution in [0, 0.1) is 0 Å². The monoisotopic (exact) mass is 182 g/mol. The van der Waals surface area contributed by atoms with Crippen LogP contribution in [0.3, 0.4) is 0 Å². The van der Waals surface area contributed by atoms with Crippen molar-refractivity contribution in [2.75, 3.05) is 26.2 Å². The number of hydrogen-bond donors (Lipinski definition) is 0. The van der Waals surface area contributed by atoms with Crippen LogP contribution in [-0.4, -0.2) is 42.0 Å². The predicted octanol–water partition coefficient (Wildman–Crippen LogP) is 1.94. The molecule has 0 radical (unpaired) electrons. The summed E-state index contributed by atoms with van der Waals surface area (Å²) in [5.41, 5.74) is 1.21. The molecular formula is C11H22N2. The summed E-state index contributed by atoms with van der Waals surface area (Å²) in [6.45, 7) is 15.4. The Morgan fingerprint density at radius 3 is 2.38 bits per heavy atom. The maximum atomic E-state index is 4.00. The van der Waals surface area contributed by atoms with E-state index in [-0.39, 0.29) is 0 Å². The van der Waals surface area contributed by atoms with Crippen LogP contribution in [0.25, 0.3) is 0 Å². The predicted molar refractivity (Wildman–Crippen MR) is 57.7 cm³/mol. The average molecular weight is 182 g/mol. The molecule has 0 aromatic rings. The quantitative estimate of drug-likeness (QED) is 0.644. The van der Waals surface area contributed by atoms with Gasteiger partial charge in [-0.1, -0.05) is 6.58 Å². The Morgan fingerprint density at radius 1 is 1.15 bits per heavy atom. The second-order valence-electron chi connectivity index (χ2n) is 4.21. The van der Waals surface area contributed by atoms with E-state index in [0.717, 1.165) is 6.54 Å². The van der Waals surface area contributed by atoms with Crippen LogP contribution in [0.1, 0.15) is 27.2 Å². The van der Waals surface area contributed by atoms with Gasteiger partial charge in [0.25, 0.3) is 0 Å². The highest BCUT2D eigenvalue weighted by molar-refractivity contribution is 4.90. The van der Waals surface area contributed by atoms with Crippen molar-refractivity contribution in [3.05, 3.63) is 12.3 Å². The van der Waals surface area contributed by atoms with Gasteiger partial charge < -0.3 is 4.90 Å². The van der Waals surface area contributed by atoms with Gasteiger partial charge in [0.2, 0.25) is 0 Å². The first kappa shape index (κ1) is 10.6. The largest absolute Gasteiger partial charge is 0.374 e. The molecule has 0 saturated carbocycles. The zero-order chi connectivity index (χ0) is 9.84. The van der Waals surface area contributed by atoms with Crippen molar-refractivity contribution < 1.29 is 0 Å². The zero-order valence-electron chi connectivity index (χ0n) is 9.21. The maximum absolute atomic E-state index is 4.00. The number of rotatable bonds is 2. The van der Waals surface area contributed by atoms with Gasteiger partial charge in [-0.05, 0) is 27.2 Å². The van der Waals surface area contributed by atoms with Crippen molar-refractivity contribution >= 4 is 0 Å². The Hall–Kier alpha value is -0.500. The summed E-state index contributed by atoms with van der Waals surface area (Å²) in [5, 5.41) is 0. The summed E-state index contributed by atoms with van der Waals surface area (Å²) in [5.74, 6) is 0. The summed E-state index contributed by atoms with van der Waals surface area (Å²) in [6.07, 6.45) is 1.27. The van der Waals surface area contributed by atoms with E-state index in [2.05, 4.69) is 37.1 Å². The highest BCUT2D eigenvalue weighted by Crippen LogP contribution is 2.09. The first-order valence-electron chi connectivity index (χ1n) is 5.25. The van der Waals surface area contributed by atoms with Gasteiger partial charge in [-0.15, -0.1) is 0 Å². The standard InChI is InChI=1S/C11H22N2/c1-10(2)12-6-5-7-13(9-8-12)11(3)4/h11H,1,5-9H2,2-4H3. The van der Waals surface area contributed by atoms with E-state index >= 15 is 0 Å². The van der Waals surface area contributed by atoms with Crippen molar-refractivity contribution in [1.82, 2.24) is 9.80 Å². The van der Waals surface area contributed by atoms with Gasteiger partial charge >= 0.3 is 0 Å². The van der Waals surface area contributed by atoms with Crippen LogP contribution < -0.4 is 0 Å². The Labute approximate surface area is 82.2 Å². The molecule has 0 atom stereocenters. The smallest absolute Gasteiger partial charge is 0.0302 e. The van der Waals surface area contributed by atoms with Crippen molar-refractivity contribution in [2.45, 2.75) is 33.2 Å². The van der Waals surface area contributed by atoms with Crippen LogP contribution in [0.5, 0.6) is 0 Å². The van der Waals surface area contributed by atoms with E-state index in [1.807, 2.05) is 0 Å². The molecule has 76 valence electrons. The van der Waals surface area contributed by atoms with E-state index in [0.29, 0.717) is 6.04 Å². The molecule has 0 amide bonds. The Kier molecular flexibility index (Phi) is 3.79. The van der Waals surface area contributed by atoms with Crippen LogP contribution in [0.15, 0.2) is 12.3 Å². The lowest BCUT2D eigenvalue weighted by atomic mass is 10.3. The summed E-state index contributed by atoms with van der Waals surface area (Å²) >= 11 is 0. The van der Waals surface area contributed by atoms with Gasteiger partial charge in [0.1, 0.15) is 0 Å². The summed E-state index contributed by atoms with van der Waals surface area (Å²) in [4.78, 5) is 4.94. The summed E-state index contributed by atoms with van der Waals surface area (Å²) in [6, 6.07) is 0.685. The van der Waals surface area contributed by atoms with Crippen molar-refractivity contribution in [3.8, 4) is 0 Å². The molecule has 2 heteroatoms. The fourth-order valence-corrected chi connectivity index (χ4v) is 1.84. The molecule has 0 aromatic heterocycles. The first-order chi connectivity index (χ1) is 6.11. The second-order valence-corrected chi connectivity index (χ2v) is 4.21. The van der Waals surface area contributed by atoms with Crippen molar-refractivity contribution in [1.29, 1.82) is 0 Å². The molecule has 13 heavy (non-hydrogen) atoms. The third-order valence-corrected chi connectivity index (χ3v) is 2.80. The average Bonchev–Trinajstić information content (AvgIpc) is 2.27. The topological polar surface area (TPSA) is 6.48 Å². The molecule has 1 rings (SSSR count). The minimum absolute atomic E-state index is 0.685. The zero-order valence-corrected chi connectivity index (χ0v) is 9.21. The number of nitrogens with zero attached hydrogens (tertiary/aromatic N) is 2. The van der Waals surface area contributed by atoms with Gasteiger partial charge in [0, 0.05) is 37.9 Å². The van der Waals surface area contributed by atoms with E-state index in [4.69, 9.17) is 0 Å². The SMILES string of the molecule is C=C(C)N1CCCN(C(C)C)CC1. The summed E-state index contributed by atoms with van der Waals surface area (Å²) in [7, 11) is 0. The third kappa shape index (κ3) is 3.03. The van der Waals surface area contributed by atoms with Gasteiger partial charge in [0.15, 0.2) is 0 Å². The molecule has 2 nitrogen and oxygen atoms in total. The Balaban J connectivity index is 2.44. The van der Waals surface area contributed by atoms with E-state index in [9.17, 15) is 0 Å².